The second-order valence-electron chi connectivity index (χ2n) is 8.32. The molecule has 0 bridgehead atoms. The lowest BCUT2D eigenvalue weighted by Crippen LogP contribution is -2.56. The fourth-order valence-electron chi connectivity index (χ4n) is 3.91. The van der Waals surface area contributed by atoms with Crippen LogP contribution in [0.15, 0.2) is 42.5 Å². The molecule has 9 heteroatoms. The molecule has 0 fully saturated rings. The summed E-state index contributed by atoms with van der Waals surface area (Å²) in [7, 11) is -4.89. The van der Waals surface area contributed by atoms with Crippen molar-refractivity contribution in [3.63, 3.8) is 0 Å². The lowest BCUT2D eigenvalue weighted by Gasteiger charge is -2.42. The summed E-state index contributed by atoms with van der Waals surface area (Å²) in [6.45, 7) is 6.06. The molecule has 2 aromatic rings. The van der Waals surface area contributed by atoms with E-state index in [4.69, 9.17) is 5.14 Å². The maximum Gasteiger partial charge on any atom is 0.418 e. The largest absolute Gasteiger partial charge is 0.418 e. The van der Waals surface area contributed by atoms with Gasteiger partial charge in [0.2, 0.25) is 10.0 Å². The highest BCUT2D eigenvalue weighted by molar-refractivity contribution is 7.89. The van der Waals surface area contributed by atoms with Crippen LogP contribution in [0.1, 0.15) is 47.8 Å². The van der Waals surface area contributed by atoms with Crippen molar-refractivity contribution in [2.45, 2.75) is 56.6 Å². The van der Waals surface area contributed by atoms with Crippen LogP contribution in [0.3, 0.4) is 0 Å². The molecular formula is C21H25F4NO3S. The molecule has 3 N–H and O–H groups in total. The Morgan fingerprint density at radius 2 is 1.57 bits per heavy atom. The smallest absolute Gasteiger partial charge is 0.379 e. The van der Waals surface area contributed by atoms with Crippen LogP contribution in [0.4, 0.5) is 17.6 Å². The van der Waals surface area contributed by atoms with E-state index in [1.807, 2.05) is 0 Å². The lowest BCUT2D eigenvalue weighted by atomic mass is 9.71. The number of halogens is 4. The summed E-state index contributed by atoms with van der Waals surface area (Å²) in [4.78, 5) is 0. The van der Waals surface area contributed by atoms with E-state index in [1.54, 1.807) is 13.8 Å². The Hall–Kier alpha value is -1.97. The van der Waals surface area contributed by atoms with E-state index in [0.29, 0.717) is 11.1 Å². The minimum absolute atomic E-state index is 0.224. The van der Waals surface area contributed by atoms with Crippen molar-refractivity contribution in [1.29, 1.82) is 0 Å². The summed E-state index contributed by atoms with van der Waals surface area (Å²) in [5, 5.41) is 13.7. The maximum atomic E-state index is 14.2. The fraction of sp³-hybridized carbons (Fsp3) is 0.429. The van der Waals surface area contributed by atoms with Crippen molar-refractivity contribution in [3.05, 3.63) is 70.5 Å². The molecule has 2 atom stereocenters. The first-order chi connectivity index (χ1) is 13.5. The van der Waals surface area contributed by atoms with Crippen LogP contribution in [-0.4, -0.2) is 25.3 Å². The van der Waals surface area contributed by atoms with Crippen LogP contribution in [-0.2, 0) is 15.4 Å². The van der Waals surface area contributed by atoms with E-state index in [-0.39, 0.29) is 11.1 Å². The number of hydrogen-bond donors (Lipinski definition) is 2. The molecule has 0 saturated heterocycles. The summed E-state index contributed by atoms with van der Waals surface area (Å²) in [5.74, 6) is -0.652. The van der Waals surface area contributed by atoms with Crippen molar-refractivity contribution < 1.29 is 31.1 Å². The van der Waals surface area contributed by atoms with E-state index < -0.39 is 44.7 Å². The lowest BCUT2D eigenvalue weighted by molar-refractivity contribution is -0.268. The predicted molar refractivity (Wildman–Crippen MR) is 107 cm³/mol. The zero-order chi connectivity index (χ0) is 23.1. The number of aliphatic hydroxyl groups is 1. The van der Waals surface area contributed by atoms with Gasteiger partial charge in [-0.2, -0.15) is 13.2 Å². The molecule has 166 valence electrons. The van der Waals surface area contributed by atoms with Gasteiger partial charge in [0.25, 0.3) is 0 Å². The Morgan fingerprint density at radius 3 is 2.03 bits per heavy atom. The molecule has 4 nitrogen and oxygen atoms in total. The van der Waals surface area contributed by atoms with Crippen LogP contribution < -0.4 is 5.14 Å². The molecule has 2 unspecified atom stereocenters. The second-order valence-corrected chi connectivity index (χ2v) is 9.97. The second kappa shape index (κ2) is 7.94. The number of rotatable bonds is 6. The Kier molecular flexibility index (Phi) is 6.43. The van der Waals surface area contributed by atoms with Gasteiger partial charge < -0.3 is 5.11 Å². The first-order valence-corrected chi connectivity index (χ1v) is 10.7. The highest BCUT2D eigenvalue weighted by Gasteiger charge is 2.64. The first-order valence-electron chi connectivity index (χ1n) is 9.13. The summed E-state index contributed by atoms with van der Waals surface area (Å²) < 4.78 is 81.1. The third-order valence-corrected chi connectivity index (χ3v) is 6.59. The average Bonchev–Trinajstić information content (AvgIpc) is 2.56. The van der Waals surface area contributed by atoms with Crippen molar-refractivity contribution >= 4 is 10.0 Å². The minimum atomic E-state index is -5.34. The molecule has 0 amide bonds. The van der Waals surface area contributed by atoms with Crippen LogP contribution in [0, 0.1) is 19.7 Å². The summed E-state index contributed by atoms with van der Waals surface area (Å²) in [5.41, 5.74) is -4.02. The Balaban J connectivity index is 2.71. The number of hydrogen-bond acceptors (Lipinski definition) is 3. The molecule has 0 aromatic heterocycles. The minimum Gasteiger partial charge on any atom is -0.379 e. The van der Waals surface area contributed by atoms with Gasteiger partial charge in [-0.25, -0.2) is 17.9 Å². The van der Waals surface area contributed by atoms with Crippen molar-refractivity contribution in [2.75, 3.05) is 0 Å². The number of sulfonamides is 1. The van der Waals surface area contributed by atoms with Gasteiger partial charge in [0, 0.05) is 0 Å². The SMILES string of the molecule is Cc1ccc(C(C(O)(CC(C)(C)c2cc(F)ccc2C)C(F)(F)F)S(N)(=O)=O)cc1. The van der Waals surface area contributed by atoms with E-state index >= 15 is 0 Å². The van der Waals surface area contributed by atoms with Crippen molar-refractivity contribution in [2.24, 2.45) is 5.14 Å². The predicted octanol–water partition coefficient (Wildman–Crippen LogP) is 4.43. The molecule has 0 spiro atoms. The molecule has 0 heterocycles. The third kappa shape index (κ3) is 4.84. The molecule has 0 radical (unpaired) electrons. The van der Waals surface area contributed by atoms with Gasteiger partial charge in [-0.15, -0.1) is 0 Å². The van der Waals surface area contributed by atoms with Gasteiger partial charge in [-0.3, -0.25) is 0 Å². The van der Waals surface area contributed by atoms with Crippen LogP contribution in [0.5, 0.6) is 0 Å². The van der Waals surface area contributed by atoms with Gasteiger partial charge in [-0.1, -0.05) is 49.7 Å². The summed E-state index contributed by atoms with van der Waals surface area (Å²) >= 11 is 0. The van der Waals surface area contributed by atoms with E-state index in [9.17, 15) is 31.1 Å². The molecule has 2 rings (SSSR count). The Morgan fingerprint density at radius 1 is 1.03 bits per heavy atom. The van der Waals surface area contributed by atoms with Crippen LogP contribution in [0.25, 0.3) is 0 Å². The normalized spacial score (nSPS) is 16.2. The van der Waals surface area contributed by atoms with Crippen molar-refractivity contribution in [1.82, 2.24) is 0 Å². The van der Waals surface area contributed by atoms with Gasteiger partial charge in [0.1, 0.15) is 11.1 Å². The highest BCUT2D eigenvalue weighted by Crippen LogP contribution is 2.50. The highest BCUT2D eigenvalue weighted by atomic mass is 32.2. The zero-order valence-corrected chi connectivity index (χ0v) is 17.9. The number of benzene rings is 2. The molecule has 0 aliphatic rings. The first kappa shape index (κ1) is 24.3. The topological polar surface area (TPSA) is 80.4 Å². The van der Waals surface area contributed by atoms with Gasteiger partial charge in [0.15, 0.2) is 5.60 Å². The molecule has 0 aliphatic heterocycles. The van der Waals surface area contributed by atoms with Gasteiger partial charge in [-0.05, 0) is 54.5 Å². The van der Waals surface area contributed by atoms with Gasteiger partial charge in [0.05, 0.1) is 0 Å². The van der Waals surface area contributed by atoms with E-state index in [2.05, 4.69) is 0 Å². The van der Waals surface area contributed by atoms with Crippen LogP contribution in [0.2, 0.25) is 0 Å². The standard InChI is InChI=1S/C21H25F4NO3S/c1-13-5-8-15(9-6-13)18(30(26,28)29)20(27,21(23,24)25)12-19(3,4)17-11-16(22)10-7-14(17)2/h5-11,18,27H,12H2,1-4H3,(H2,26,28,29). The average molecular weight is 447 g/mol. The van der Waals surface area contributed by atoms with E-state index in [1.165, 1.54) is 50.2 Å². The zero-order valence-electron chi connectivity index (χ0n) is 17.1. The quantitative estimate of drug-likeness (QED) is 0.643. The van der Waals surface area contributed by atoms with Crippen molar-refractivity contribution in [3.8, 4) is 0 Å². The van der Waals surface area contributed by atoms with Crippen LogP contribution >= 0.6 is 0 Å². The number of primary sulfonamides is 1. The molecule has 0 aliphatic carbocycles. The van der Waals surface area contributed by atoms with Gasteiger partial charge >= 0.3 is 6.18 Å². The fourth-order valence-corrected chi connectivity index (χ4v) is 5.21. The Labute approximate surface area is 173 Å². The molecule has 30 heavy (non-hydrogen) atoms. The number of nitrogens with two attached hydrogens (primary N) is 1. The van der Waals surface area contributed by atoms with E-state index in [0.717, 1.165) is 6.07 Å². The molecule has 2 aromatic carbocycles. The monoisotopic (exact) mass is 447 g/mol. The Bertz CT molecular complexity index is 1020. The third-order valence-electron chi connectivity index (χ3n) is 5.27. The molecular weight excluding hydrogens is 422 g/mol. The molecule has 0 saturated carbocycles. The summed E-state index contributed by atoms with van der Waals surface area (Å²) in [6.07, 6.45) is -6.39. The summed E-state index contributed by atoms with van der Waals surface area (Å²) in [6, 6.07) is 8.94. The maximum absolute atomic E-state index is 14.2. The number of aryl methyl sites for hydroxylation is 2. The number of alkyl halides is 3.